The number of rotatable bonds is 3. The molecule has 3 rings (SSSR count). The summed E-state index contributed by atoms with van der Waals surface area (Å²) in [5.41, 5.74) is 10.3. The second-order valence-corrected chi connectivity index (χ2v) is 6.45. The standard InChI is InChI=1S/C20H16FN3S/c1-12-18(13-5-9-16(25-2)10-6-13)17(11-22)20(23)24-19(12)14-3-7-15(21)8-4-14/h3-10H,1-2H3,(H2,23,24). The molecule has 5 heteroatoms. The van der Waals surface area contributed by atoms with Crippen molar-refractivity contribution in [2.24, 2.45) is 0 Å². The summed E-state index contributed by atoms with van der Waals surface area (Å²) in [4.78, 5) is 5.53. The van der Waals surface area contributed by atoms with Gasteiger partial charge in [-0.1, -0.05) is 12.1 Å². The fraction of sp³-hybridized carbons (Fsp3) is 0.100. The third-order valence-corrected chi connectivity index (χ3v) is 4.82. The lowest BCUT2D eigenvalue weighted by Gasteiger charge is -2.15. The highest BCUT2D eigenvalue weighted by molar-refractivity contribution is 7.98. The highest BCUT2D eigenvalue weighted by atomic mass is 32.2. The van der Waals surface area contributed by atoms with Crippen LogP contribution in [-0.2, 0) is 0 Å². The lowest BCUT2D eigenvalue weighted by Crippen LogP contribution is -2.03. The van der Waals surface area contributed by atoms with Crippen LogP contribution in [0.2, 0.25) is 0 Å². The average Bonchev–Trinajstić information content (AvgIpc) is 2.64. The molecule has 25 heavy (non-hydrogen) atoms. The van der Waals surface area contributed by atoms with Gasteiger partial charge in [0.1, 0.15) is 23.3 Å². The second kappa shape index (κ2) is 6.96. The van der Waals surface area contributed by atoms with Crippen LogP contribution in [0.25, 0.3) is 22.4 Å². The van der Waals surface area contributed by atoms with Gasteiger partial charge in [0.05, 0.1) is 5.69 Å². The fourth-order valence-electron chi connectivity index (χ4n) is 2.81. The van der Waals surface area contributed by atoms with Crippen molar-refractivity contribution in [3.05, 3.63) is 65.5 Å². The smallest absolute Gasteiger partial charge is 0.142 e. The van der Waals surface area contributed by atoms with Crippen LogP contribution in [0.1, 0.15) is 11.1 Å². The third kappa shape index (κ3) is 3.21. The maximum Gasteiger partial charge on any atom is 0.142 e. The molecule has 3 aromatic rings. The van der Waals surface area contributed by atoms with Gasteiger partial charge in [-0.15, -0.1) is 11.8 Å². The summed E-state index contributed by atoms with van der Waals surface area (Å²) in [7, 11) is 0. The number of anilines is 1. The van der Waals surface area contributed by atoms with Crippen LogP contribution < -0.4 is 5.73 Å². The van der Waals surface area contributed by atoms with Gasteiger partial charge in [-0.2, -0.15) is 5.26 Å². The van der Waals surface area contributed by atoms with Gasteiger partial charge < -0.3 is 5.73 Å². The predicted octanol–water partition coefficient (Wildman–Crippen LogP) is 5.04. The Morgan fingerprint density at radius 2 is 1.64 bits per heavy atom. The zero-order valence-corrected chi connectivity index (χ0v) is 14.7. The van der Waals surface area contributed by atoms with Crippen molar-refractivity contribution >= 4 is 17.6 Å². The summed E-state index contributed by atoms with van der Waals surface area (Å²) >= 11 is 1.65. The molecule has 0 radical (unpaired) electrons. The van der Waals surface area contributed by atoms with Gasteiger partial charge in [0, 0.05) is 16.0 Å². The molecule has 1 aromatic heterocycles. The van der Waals surface area contributed by atoms with Crippen LogP contribution in [-0.4, -0.2) is 11.2 Å². The molecule has 0 saturated carbocycles. The zero-order chi connectivity index (χ0) is 18.0. The SMILES string of the molecule is CSc1ccc(-c2c(C)c(-c3ccc(F)cc3)nc(N)c2C#N)cc1. The molecule has 0 aliphatic rings. The minimum Gasteiger partial charge on any atom is -0.383 e. The summed E-state index contributed by atoms with van der Waals surface area (Å²) in [5.74, 6) is -0.132. The van der Waals surface area contributed by atoms with E-state index in [1.165, 1.54) is 12.1 Å². The summed E-state index contributed by atoms with van der Waals surface area (Å²) in [5, 5.41) is 9.56. The van der Waals surface area contributed by atoms with E-state index >= 15 is 0 Å². The van der Waals surface area contributed by atoms with Gasteiger partial charge in [0.15, 0.2) is 0 Å². The molecule has 1 heterocycles. The van der Waals surface area contributed by atoms with Crippen LogP contribution >= 0.6 is 11.8 Å². The largest absolute Gasteiger partial charge is 0.383 e. The molecule has 0 unspecified atom stereocenters. The molecule has 0 spiro atoms. The molecule has 0 amide bonds. The van der Waals surface area contributed by atoms with Gasteiger partial charge in [-0.25, -0.2) is 9.37 Å². The number of nitrogens with two attached hydrogens (primary N) is 1. The fourth-order valence-corrected chi connectivity index (χ4v) is 3.22. The Bertz CT molecular complexity index is 958. The summed E-state index contributed by atoms with van der Waals surface area (Å²) in [6, 6.07) is 16.2. The van der Waals surface area contributed by atoms with Crippen LogP contribution in [0.4, 0.5) is 10.2 Å². The second-order valence-electron chi connectivity index (χ2n) is 5.57. The van der Waals surface area contributed by atoms with Crippen molar-refractivity contribution in [3.8, 4) is 28.5 Å². The first kappa shape index (κ1) is 17.0. The molecule has 0 aliphatic heterocycles. The Balaban J connectivity index is 2.25. The Morgan fingerprint density at radius 1 is 1.04 bits per heavy atom. The lowest BCUT2D eigenvalue weighted by atomic mass is 9.93. The number of hydrogen-bond acceptors (Lipinski definition) is 4. The number of benzene rings is 2. The Labute approximate surface area is 150 Å². The minimum absolute atomic E-state index is 0.177. The number of halogens is 1. The van der Waals surface area contributed by atoms with E-state index in [1.54, 1.807) is 23.9 Å². The lowest BCUT2D eigenvalue weighted by molar-refractivity contribution is 0.628. The first-order valence-corrected chi connectivity index (χ1v) is 8.88. The minimum atomic E-state index is -0.309. The Hall–Kier alpha value is -2.84. The Morgan fingerprint density at radius 3 is 2.20 bits per heavy atom. The topological polar surface area (TPSA) is 62.7 Å². The average molecular weight is 349 g/mol. The number of hydrogen-bond donors (Lipinski definition) is 1. The van der Waals surface area contributed by atoms with E-state index in [9.17, 15) is 9.65 Å². The molecule has 2 N–H and O–H groups in total. The molecule has 0 saturated heterocycles. The van der Waals surface area contributed by atoms with Gasteiger partial charge in [0.2, 0.25) is 0 Å². The third-order valence-electron chi connectivity index (χ3n) is 4.08. The van der Waals surface area contributed by atoms with E-state index < -0.39 is 0 Å². The monoisotopic (exact) mass is 349 g/mol. The van der Waals surface area contributed by atoms with Gasteiger partial charge in [0.25, 0.3) is 0 Å². The van der Waals surface area contributed by atoms with Crippen LogP contribution in [0.5, 0.6) is 0 Å². The van der Waals surface area contributed by atoms with Crippen LogP contribution in [0.3, 0.4) is 0 Å². The van der Waals surface area contributed by atoms with E-state index in [0.29, 0.717) is 11.3 Å². The molecule has 0 fully saturated rings. The Kier molecular flexibility index (Phi) is 4.73. The van der Waals surface area contributed by atoms with Crippen molar-refractivity contribution in [1.82, 2.24) is 4.98 Å². The van der Waals surface area contributed by atoms with Gasteiger partial charge >= 0.3 is 0 Å². The summed E-state index contributed by atoms with van der Waals surface area (Å²) in [6.07, 6.45) is 2.01. The molecular weight excluding hydrogens is 333 g/mol. The molecular formula is C20H16FN3S. The van der Waals surface area contributed by atoms with E-state index in [1.807, 2.05) is 37.4 Å². The molecule has 124 valence electrons. The van der Waals surface area contributed by atoms with Crippen molar-refractivity contribution in [3.63, 3.8) is 0 Å². The number of pyridine rings is 1. The zero-order valence-electron chi connectivity index (χ0n) is 13.9. The van der Waals surface area contributed by atoms with E-state index in [-0.39, 0.29) is 11.6 Å². The first-order chi connectivity index (χ1) is 12.0. The molecule has 3 nitrogen and oxygen atoms in total. The van der Waals surface area contributed by atoms with Crippen LogP contribution in [0.15, 0.2) is 53.4 Å². The predicted molar refractivity (Wildman–Crippen MR) is 101 cm³/mol. The highest BCUT2D eigenvalue weighted by Gasteiger charge is 2.18. The molecule has 0 bridgehead atoms. The number of aromatic nitrogens is 1. The molecule has 2 aromatic carbocycles. The molecule has 0 aliphatic carbocycles. The highest BCUT2D eigenvalue weighted by Crippen LogP contribution is 2.36. The quantitative estimate of drug-likeness (QED) is 0.673. The van der Waals surface area contributed by atoms with E-state index in [0.717, 1.165) is 27.1 Å². The maximum absolute atomic E-state index is 13.2. The summed E-state index contributed by atoms with van der Waals surface area (Å²) < 4.78 is 13.2. The number of nitriles is 1. The van der Waals surface area contributed by atoms with Gasteiger partial charge in [-0.3, -0.25) is 0 Å². The summed E-state index contributed by atoms with van der Waals surface area (Å²) in [6.45, 7) is 1.91. The number of thioether (sulfide) groups is 1. The van der Waals surface area contributed by atoms with Gasteiger partial charge in [-0.05, 0) is 60.7 Å². The maximum atomic E-state index is 13.2. The first-order valence-electron chi connectivity index (χ1n) is 7.65. The molecule has 0 atom stereocenters. The normalized spacial score (nSPS) is 10.5. The number of nitrogen functional groups attached to an aromatic ring is 1. The van der Waals surface area contributed by atoms with E-state index in [4.69, 9.17) is 5.73 Å². The van der Waals surface area contributed by atoms with Crippen LogP contribution in [0, 0.1) is 24.1 Å². The van der Waals surface area contributed by atoms with E-state index in [2.05, 4.69) is 11.1 Å². The van der Waals surface area contributed by atoms with Crippen molar-refractivity contribution in [2.45, 2.75) is 11.8 Å². The van der Waals surface area contributed by atoms with Crippen molar-refractivity contribution in [1.29, 1.82) is 5.26 Å². The van der Waals surface area contributed by atoms with Crippen molar-refractivity contribution in [2.75, 3.05) is 12.0 Å². The number of nitrogens with zero attached hydrogens (tertiary/aromatic N) is 2. The van der Waals surface area contributed by atoms with Crippen molar-refractivity contribution < 1.29 is 4.39 Å².